The zero-order valence-corrected chi connectivity index (χ0v) is 9.43. The Kier molecular flexibility index (Phi) is 2.55. The molecule has 0 unspecified atom stereocenters. The van der Waals surface area contributed by atoms with Crippen molar-refractivity contribution >= 4 is 17.0 Å². The van der Waals surface area contributed by atoms with Gasteiger partial charge in [-0.1, -0.05) is 0 Å². The number of aryl methyl sites for hydroxylation is 1. The quantitative estimate of drug-likeness (QED) is 0.798. The highest BCUT2D eigenvalue weighted by atomic mass is 16.1. The van der Waals surface area contributed by atoms with Gasteiger partial charge in [-0.2, -0.15) is 0 Å². The van der Waals surface area contributed by atoms with Crippen molar-refractivity contribution < 1.29 is 0 Å². The van der Waals surface area contributed by atoms with Crippen LogP contribution in [0.3, 0.4) is 0 Å². The molecule has 0 fully saturated rings. The number of hydrogen-bond donors (Lipinski definition) is 1. The Morgan fingerprint density at radius 3 is 2.81 bits per heavy atom. The van der Waals surface area contributed by atoms with Crippen LogP contribution in [0.2, 0.25) is 0 Å². The average Bonchev–Trinajstić information content (AvgIpc) is 2.23. The second-order valence-corrected chi connectivity index (χ2v) is 3.89. The number of fused-ring (bicyclic) bond motifs is 1. The molecule has 0 aliphatic carbocycles. The number of anilines is 1. The Labute approximate surface area is 92.4 Å². The highest BCUT2D eigenvalue weighted by Gasteiger charge is 2.06. The molecule has 0 aliphatic rings. The van der Waals surface area contributed by atoms with E-state index in [1.807, 2.05) is 13.8 Å². The third kappa shape index (κ3) is 1.86. The van der Waals surface area contributed by atoms with Gasteiger partial charge < -0.3 is 9.88 Å². The van der Waals surface area contributed by atoms with Crippen LogP contribution in [-0.4, -0.2) is 25.6 Å². The lowest BCUT2D eigenvalue weighted by atomic mass is 10.4. The molecular weight excluding hydrogens is 206 g/mol. The maximum atomic E-state index is 11.8. The van der Waals surface area contributed by atoms with E-state index in [1.165, 1.54) is 10.9 Å². The molecule has 0 spiro atoms. The first kappa shape index (κ1) is 10.5. The Balaban J connectivity index is 2.60. The van der Waals surface area contributed by atoms with Crippen molar-refractivity contribution in [2.24, 2.45) is 7.05 Å². The lowest BCUT2D eigenvalue weighted by Crippen LogP contribution is -2.20. The van der Waals surface area contributed by atoms with E-state index in [4.69, 9.17) is 0 Å². The van der Waals surface area contributed by atoms with Crippen LogP contribution in [-0.2, 0) is 7.05 Å². The van der Waals surface area contributed by atoms with Gasteiger partial charge in [-0.15, -0.1) is 0 Å². The minimum absolute atomic E-state index is 0.190. The summed E-state index contributed by atoms with van der Waals surface area (Å²) in [5, 5.41) is 3.09. The summed E-state index contributed by atoms with van der Waals surface area (Å²) in [4.78, 5) is 24.1. The van der Waals surface area contributed by atoms with Gasteiger partial charge in [-0.3, -0.25) is 4.79 Å². The Bertz CT molecular complexity index is 575. The summed E-state index contributed by atoms with van der Waals surface area (Å²) in [5.74, 6) is 0.590. The predicted molar refractivity (Wildman–Crippen MR) is 61.3 cm³/mol. The summed E-state index contributed by atoms with van der Waals surface area (Å²) in [5.41, 5.74) is 0.470. The zero-order valence-electron chi connectivity index (χ0n) is 9.43. The maximum Gasteiger partial charge on any atom is 0.281 e. The van der Waals surface area contributed by atoms with Crippen molar-refractivity contribution in [3.63, 3.8) is 0 Å². The summed E-state index contributed by atoms with van der Waals surface area (Å²) in [6.07, 6.45) is 3.02. The molecule has 6 heteroatoms. The summed E-state index contributed by atoms with van der Waals surface area (Å²) < 4.78 is 1.39. The van der Waals surface area contributed by atoms with E-state index < -0.39 is 0 Å². The molecule has 2 heterocycles. The molecule has 0 amide bonds. The van der Waals surface area contributed by atoms with Gasteiger partial charge in [0, 0.05) is 13.1 Å². The van der Waals surface area contributed by atoms with Crippen molar-refractivity contribution in [2.75, 3.05) is 5.32 Å². The predicted octanol–water partition coefficient (Wildman–Crippen LogP) is 0.544. The second kappa shape index (κ2) is 3.88. The topological polar surface area (TPSA) is 72.7 Å². The molecule has 0 atom stereocenters. The average molecular weight is 219 g/mol. The first-order chi connectivity index (χ1) is 7.58. The first-order valence-electron chi connectivity index (χ1n) is 5.03. The van der Waals surface area contributed by atoms with Gasteiger partial charge in [0.25, 0.3) is 5.56 Å². The van der Waals surface area contributed by atoms with Crippen LogP contribution in [0, 0.1) is 0 Å². The molecule has 6 nitrogen and oxygen atoms in total. The van der Waals surface area contributed by atoms with Gasteiger partial charge >= 0.3 is 0 Å². The van der Waals surface area contributed by atoms with E-state index >= 15 is 0 Å². The molecule has 2 aromatic rings. The standard InChI is InChI=1S/C10H13N5O/c1-6(2)13-7-4-11-9-8(14-7)10(16)15(3)5-12-9/h4-6H,1-3H3,(H,13,14). The number of rotatable bonds is 2. The minimum Gasteiger partial charge on any atom is -0.367 e. The molecule has 1 N–H and O–H groups in total. The summed E-state index contributed by atoms with van der Waals surface area (Å²) in [6.45, 7) is 3.99. The van der Waals surface area contributed by atoms with E-state index in [0.29, 0.717) is 11.5 Å². The fourth-order valence-electron chi connectivity index (χ4n) is 1.35. The van der Waals surface area contributed by atoms with Crippen LogP contribution in [0.15, 0.2) is 17.3 Å². The molecular formula is C10H13N5O. The monoisotopic (exact) mass is 219 g/mol. The van der Waals surface area contributed by atoms with Crippen LogP contribution in [0.5, 0.6) is 0 Å². The number of aromatic nitrogens is 4. The van der Waals surface area contributed by atoms with Gasteiger partial charge in [0.2, 0.25) is 0 Å². The fraction of sp³-hybridized carbons (Fsp3) is 0.400. The largest absolute Gasteiger partial charge is 0.367 e. The summed E-state index contributed by atoms with van der Waals surface area (Å²) in [7, 11) is 1.64. The van der Waals surface area contributed by atoms with E-state index in [2.05, 4.69) is 20.3 Å². The lowest BCUT2D eigenvalue weighted by Gasteiger charge is -2.08. The van der Waals surface area contributed by atoms with Crippen LogP contribution in [0.25, 0.3) is 11.2 Å². The van der Waals surface area contributed by atoms with Crippen molar-refractivity contribution in [1.82, 2.24) is 19.5 Å². The molecule has 0 saturated carbocycles. The summed E-state index contributed by atoms with van der Waals surface area (Å²) >= 11 is 0. The van der Waals surface area contributed by atoms with Crippen molar-refractivity contribution in [1.29, 1.82) is 0 Å². The molecule has 0 bridgehead atoms. The Morgan fingerprint density at radius 1 is 1.38 bits per heavy atom. The van der Waals surface area contributed by atoms with Crippen LogP contribution in [0.4, 0.5) is 5.82 Å². The highest BCUT2D eigenvalue weighted by molar-refractivity contribution is 5.69. The van der Waals surface area contributed by atoms with Gasteiger partial charge in [0.1, 0.15) is 5.82 Å². The molecule has 2 rings (SSSR count). The molecule has 2 aromatic heterocycles. The zero-order chi connectivity index (χ0) is 11.7. The molecule has 16 heavy (non-hydrogen) atoms. The van der Waals surface area contributed by atoms with E-state index in [1.54, 1.807) is 13.2 Å². The molecule has 0 saturated heterocycles. The van der Waals surface area contributed by atoms with Crippen molar-refractivity contribution in [2.45, 2.75) is 19.9 Å². The first-order valence-corrected chi connectivity index (χ1v) is 5.03. The Hall–Kier alpha value is -1.98. The molecule has 0 aliphatic heterocycles. The minimum atomic E-state index is -0.190. The molecule has 0 radical (unpaired) electrons. The van der Waals surface area contributed by atoms with E-state index in [0.717, 1.165) is 0 Å². The van der Waals surface area contributed by atoms with E-state index in [-0.39, 0.29) is 17.1 Å². The number of hydrogen-bond acceptors (Lipinski definition) is 5. The van der Waals surface area contributed by atoms with E-state index in [9.17, 15) is 4.79 Å². The Morgan fingerprint density at radius 2 is 2.12 bits per heavy atom. The second-order valence-electron chi connectivity index (χ2n) is 3.89. The maximum absolute atomic E-state index is 11.8. The lowest BCUT2D eigenvalue weighted by molar-refractivity contribution is 0.832. The SMILES string of the molecule is CC(C)Nc1cnc2ncn(C)c(=O)c2n1. The van der Waals surface area contributed by atoms with Gasteiger partial charge in [0.05, 0.1) is 12.5 Å². The van der Waals surface area contributed by atoms with Crippen LogP contribution >= 0.6 is 0 Å². The van der Waals surface area contributed by atoms with Gasteiger partial charge in [0.15, 0.2) is 11.2 Å². The molecule has 0 aromatic carbocycles. The smallest absolute Gasteiger partial charge is 0.281 e. The third-order valence-electron chi connectivity index (χ3n) is 2.07. The summed E-state index contributed by atoms with van der Waals surface area (Å²) in [6, 6.07) is 0.243. The van der Waals surface area contributed by atoms with Gasteiger partial charge in [-0.05, 0) is 13.8 Å². The number of nitrogens with zero attached hydrogens (tertiary/aromatic N) is 4. The molecule has 84 valence electrons. The van der Waals surface area contributed by atoms with Gasteiger partial charge in [-0.25, -0.2) is 15.0 Å². The van der Waals surface area contributed by atoms with Crippen molar-refractivity contribution in [3.05, 3.63) is 22.9 Å². The highest BCUT2D eigenvalue weighted by Crippen LogP contribution is 2.06. The third-order valence-corrected chi connectivity index (χ3v) is 2.07. The van der Waals surface area contributed by atoms with Crippen molar-refractivity contribution in [3.8, 4) is 0 Å². The van der Waals surface area contributed by atoms with Crippen LogP contribution < -0.4 is 10.9 Å². The number of nitrogens with one attached hydrogen (secondary N) is 1. The fourth-order valence-corrected chi connectivity index (χ4v) is 1.35. The van der Waals surface area contributed by atoms with Crippen LogP contribution in [0.1, 0.15) is 13.8 Å². The normalized spacial score (nSPS) is 11.0.